The second-order valence-corrected chi connectivity index (χ2v) is 5.18. The first-order valence-corrected chi connectivity index (χ1v) is 7.27. The molecule has 1 aliphatic rings. The molecule has 0 spiro atoms. The molecule has 0 saturated carbocycles. The number of ether oxygens (including phenoxy) is 2. The van der Waals surface area contributed by atoms with Crippen LogP contribution in [0.25, 0.3) is 11.2 Å². The van der Waals surface area contributed by atoms with Crippen molar-refractivity contribution in [2.24, 2.45) is 0 Å². The van der Waals surface area contributed by atoms with Gasteiger partial charge < -0.3 is 19.8 Å². The highest BCUT2D eigenvalue weighted by Gasteiger charge is 2.12. The first-order valence-electron chi connectivity index (χ1n) is 7.27. The topological polar surface area (TPSA) is 88.1 Å². The zero-order chi connectivity index (χ0) is 15.6. The Balaban J connectivity index is 1.83. The Bertz CT molecular complexity index is 887. The first-order chi connectivity index (χ1) is 11.3. The van der Waals surface area contributed by atoms with E-state index in [0.717, 1.165) is 11.3 Å². The average Bonchev–Trinajstić information content (AvgIpc) is 2.94. The molecule has 0 aliphatic carbocycles. The Morgan fingerprint density at radius 2 is 1.96 bits per heavy atom. The highest BCUT2D eigenvalue weighted by Crippen LogP contribution is 2.21. The van der Waals surface area contributed by atoms with Gasteiger partial charge in [0.25, 0.3) is 0 Å². The SMILES string of the molecule is Nc1nc2nc3c1ncn3Cc1cccc(c1)OCC=CCO2. The molecule has 0 saturated heterocycles. The molecule has 116 valence electrons. The molecule has 2 N–H and O–H groups in total. The summed E-state index contributed by atoms with van der Waals surface area (Å²) in [5.41, 5.74) is 8.27. The number of nitrogens with zero attached hydrogens (tertiary/aromatic N) is 4. The van der Waals surface area contributed by atoms with Crippen LogP contribution in [0.3, 0.4) is 0 Å². The third kappa shape index (κ3) is 2.68. The highest BCUT2D eigenvalue weighted by molar-refractivity contribution is 5.81. The molecule has 1 aliphatic heterocycles. The first kappa shape index (κ1) is 13.6. The van der Waals surface area contributed by atoms with Crippen LogP contribution in [0.1, 0.15) is 5.56 Å². The Labute approximate surface area is 132 Å². The standard InChI is InChI=1S/C16H15N5O2/c17-14-13-15-20-16(19-14)23-7-2-1-6-22-12-5-3-4-11(8-12)9-21(15)10-18-13/h1-5,8,10H,6-7,9H2,(H2,17,19,20). The van der Waals surface area contributed by atoms with Gasteiger partial charge in [-0.25, -0.2) is 4.98 Å². The molecule has 4 rings (SSSR count). The van der Waals surface area contributed by atoms with Crippen molar-refractivity contribution < 1.29 is 9.47 Å². The second-order valence-electron chi connectivity index (χ2n) is 5.18. The number of hydrogen-bond acceptors (Lipinski definition) is 6. The predicted molar refractivity (Wildman–Crippen MR) is 85.4 cm³/mol. The minimum Gasteiger partial charge on any atom is -0.490 e. The molecule has 2 aromatic heterocycles. The lowest BCUT2D eigenvalue weighted by molar-refractivity contribution is 0.330. The van der Waals surface area contributed by atoms with E-state index in [1.165, 1.54) is 0 Å². The van der Waals surface area contributed by atoms with Gasteiger partial charge in [0.2, 0.25) is 0 Å². The van der Waals surface area contributed by atoms with Crippen molar-refractivity contribution in [2.75, 3.05) is 18.9 Å². The number of nitrogen functional groups attached to an aromatic ring is 1. The largest absolute Gasteiger partial charge is 0.490 e. The lowest BCUT2D eigenvalue weighted by Crippen LogP contribution is -2.06. The molecule has 0 fully saturated rings. The fraction of sp³-hybridized carbons (Fsp3) is 0.188. The lowest BCUT2D eigenvalue weighted by Gasteiger charge is -2.09. The monoisotopic (exact) mass is 309 g/mol. The van der Waals surface area contributed by atoms with Crippen LogP contribution in [-0.2, 0) is 6.54 Å². The van der Waals surface area contributed by atoms with Gasteiger partial charge in [-0.2, -0.15) is 9.97 Å². The van der Waals surface area contributed by atoms with E-state index in [1.54, 1.807) is 6.33 Å². The number of benzene rings is 1. The molecule has 0 unspecified atom stereocenters. The Kier molecular flexibility index (Phi) is 3.30. The maximum Gasteiger partial charge on any atom is 0.320 e. The van der Waals surface area contributed by atoms with E-state index in [-0.39, 0.29) is 6.01 Å². The van der Waals surface area contributed by atoms with E-state index in [2.05, 4.69) is 15.0 Å². The molecule has 4 bridgehead atoms. The fourth-order valence-electron chi connectivity index (χ4n) is 2.46. The van der Waals surface area contributed by atoms with Gasteiger partial charge in [-0.1, -0.05) is 12.1 Å². The molecule has 0 radical (unpaired) electrons. The molecule has 0 atom stereocenters. The smallest absolute Gasteiger partial charge is 0.320 e. The van der Waals surface area contributed by atoms with Crippen LogP contribution in [0, 0.1) is 0 Å². The van der Waals surface area contributed by atoms with Crippen molar-refractivity contribution in [3.05, 3.63) is 48.3 Å². The summed E-state index contributed by atoms with van der Waals surface area (Å²) in [4.78, 5) is 12.9. The van der Waals surface area contributed by atoms with Gasteiger partial charge in [-0.15, -0.1) is 0 Å². The zero-order valence-corrected chi connectivity index (χ0v) is 12.3. The molecular weight excluding hydrogens is 294 g/mol. The minimum absolute atomic E-state index is 0.244. The maximum atomic E-state index is 5.96. The summed E-state index contributed by atoms with van der Waals surface area (Å²) in [6.45, 7) is 1.44. The van der Waals surface area contributed by atoms with E-state index in [4.69, 9.17) is 15.2 Å². The summed E-state index contributed by atoms with van der Waals surface area (Å²) in [7, 11) is 0. The van der Waals surface area contributed by atoms with Crippen molar-refractivity contribution in [2.45, 2.75) is 6.54 Å². The van der Waals surface area contributed by atoms with Gasteiger partial charge in [-0.05, 0) is 29.8 Å². The van der Waals surface area contributed by atoms with Crippen LogP contribution in [0.2, 0.25) is 0 Å². The lowest BCUT2D eigenvalue weighted by atomic mass is 10.2. The highest BCUT2D eigenvalue weighted by atomic mass is 16.5. The molecule has 23 heavy (non-hydrogen) atoms. The predicted octanol–water partition coefficient (Wildman–Crippen LogP) is 1.78. The number of anilines is 1. The molecular formula is C16H15N5O2. The molecule has 7 nitrogen and oxygen atoms in total. The molecule has 3 aromatic rings. The van der Waals surface area contributed by atoms with E-state index in [1.807, 2.05) is 41.0 Å². The summed E-state index contributed by atoms with van der Waals surface area (Å²) in [5, 5.41) is 0. The van der Waals surface area contributed by atoms with Crippen molar-refractivity contribution >= 4 is 17.0 Å². The third-order valence-corrected chi connectivity index (χ3v) is 3.54. The molecule has 3 heterocycles. The van der Waals surface area contributed by atoms with E-state index < -0.39 is 0 Å². The molecule has 1 aromatic carbocycles. The van der Waals surface area contributed by atoms with Gasteiger partial charge in [0.15, 0.2) is 17.0 Å². The van der Waals surface area contributed by atoms with Crippen LogP contribution in [0.5, 0.6) is 11.8 Å². The number of aromatic nitrogens is 4. The second kappa shape index (κ2) is 5.60. The fourth-order valence-corrected chi connectivity index (χ4v) is 2.46. The minimum atomic E-state index is 0.244. The summed E-state index contributed by atoms with van der Waals surface area (Å²) in [6, 6.07) is 8.19. The number of nitrogens with two attached hydrogens (primary N) is 1. The third-order valence-electron chi connectivity index (χ3n) is 3.54. The quantitative estimate of drug-likeness (QED) is 0.637. The van der Waals surface area contributed by atoms with Crippen molar-refractivity contribution in [3.63, 3.8) is 0 Å². The van der Waals surface area contributed by atoms with Gasteiger partial charge >= 0.3 is 6.01 Å². The number of fused-ring (bicyclic) bond motifs is 3. The van der Waals surface area contributed by atoms with Gasteiger partial charge in [-0.3, -0.25) is 0 Å². The Morgan fingerprint density at radius 1 is 1.09 bits per heavy atom. The Morgan fingerprint density at radius 3 is 2.87 bits per heavy atom. The summed E-state index contributed by atoms with van der Waals surface area (Å²) in [5.74, 6) is 1.14. The molecule has 7 heteroatoms. The van der Waals surface area contributed by atoms with Gasteiger partial charge in [0.1, 0.15) is 19.0 Å². The normalized spacial score (nSPS) is 14.3. The molecule has 0 amide bonds. The average molecular weight is 309 g/mol. The summed E-state index contributed by atoms with van der Waals surface area (Å²) < 4.78 is 13.1. The van der Waals surface area contributed by atoms with Crippen LogP contribution in [0.15, 0.2) is 42.7 Å². The van der Waals surface area contributed by atoms with E-state index >= 15 is 0 Å². The van der Waals surface area contributed by atoms with Gasteiger partial charge in [0.05, 0.1) is 12.9 Å². The van der Waals surface area contributed by atoms with Gasteiger partial charge in [0, 0.05) is 0 Å². The summed E-state index contributed by atoms with van der Waals surface area (Å²) >= 11 is 0. The van der Waals surface area contributed by atoms with Crippen LogP contribution >= 0.6 is 0 Å². The maximum absolute atomic E-state index is 5.96. The van der Waals surface area contributed by atoms with Crippen molar-refractivity contribution in [3.8, 4) is 11.8 Å². The van der Waals surface area contributed by atoms with Crippen molar-refractivity contribution in [1.82, 2.24) is 19.5 Å². The number of rotatable bonds is 0. The van der Waals surface area contributed by atoms with Crippen molar-refractivity contribution in [1.29, 1.82) is 0 Å². The van der Waals surface area contributed by atoms with E-state index in [0.29, 0.717) is 36.7 Å². The number of hydrogen-bond donors (Lipinski definition) is 1. The Hall–Kier alpha value is -3.09. The van der Waals surface area contributed by atoms with Crippen LogP contribution < -0.4 is 15.2 Å². The van der Waals surface area contributed by atoms with E-state index in [9.17, 15) is 0 Å². The van der Waals surface area contributed by atoms with Crippen LogP contribution in [0.4, 0.5) is 5.82 Å². The summed E-state index contributed by atoms with van der Waals surface area (Å²) in [6.07, 6.45) is 5.46. The van der Waals surface area contributed by atoms with Crippen LogP contribution in [-0.4, -0.2) is 32.7 Å². The zero-order valence-electron chi connectivity index (χ0n) is 12.3. The number of imidazole rings is 1.